The molecule has 0 aromatic carbocycles. The topological polar surface area (TPSA) is 49.4 Å². The van der Waals surface area contributed by atoms with Crippen molar-refractivity contribution < 1.29 is 8.42 Å². The first-order valence-corrected chi connectivity index (χ1v) is 8.23. The molecule has 0 spiro atoms. The summed E-state index contributed by atoms with van der Waals surface area (Å²) in [4.78, 5) is 0. The summed E-state index contributed by atoms with van der Waals surface area (Å²) in [5, 5.41) is 2.05. The molecule has 2 atom stereocenters. The van der Waals surface area contributed by atoms with Crippen molar-refractivity contribution >= 4 is 9.84 Å². The minimum absolute atomic E-state index is 0.146. The van der Waals surface area contributed by atoms with Gasteiger partial charge in [-0.15, -0.1) is 0 Å². The van der Waals surface area contributed by atoms with Gasteiger partial charge in [0.25, 0.3) is 0 Å². The van der Waals surface area contributed by atoms with Gasteiger partial charge in [0.2, 0.25) is 0 Å². The van der Waals surface area contributed by atoms with Crippen LogP contribution in [0.4, 0.5) is 0 Å². The van der Waals surface area contributed by atoms with Crippen LogP contribution < -0.4 is 5.43 Å². The molecule has 16 heavy (non-hydrogen) atoms. The van der Waals surface area contributed by atoms with Crippen LogP contribution in [0, 0.1) is 0 Å². The van der Waals surface area contributed by atoms with Gasteiger partial charge in [0.1, 0.15) is 0 Å². The van der Waals surface area contributed by atoms with Crippen molar-refractivity contribution in [1.82, 2.24) is 10.4 Å². The molecular weight excluding hydrogens is 224 g/mol. The molecule has 1 saturated carbocycles. The molecule has 0 bridgehead atoms. The summed E-state index contributed by atoms with van der Waals surface area (Å²) >= 11 is 0. The van der Waals surface area contributed by atoms with E-state index in [1.54, 1.807) is 0 Å². The van der Waals surface area contributed by atoms with Gasteiger partial charge in [0, 0.05) is 25.4 Å². The van der Waals surface area contributed by atoms with E-state index >= 15 is 0 Å². The van der Waals surface area contributed by atoms with Crippen LogP contribution in [-0.4, -0.2) is 44.1 Å². The Kier molecular flexibility index (Phi) is 3.87. The molecule has 1 saturated heterocycles. The van der Waals surface area contributed by atoms with Crippen molar-refractivity contribution in [3.63, 3.8) is 0 Å². The van der Waals surface area contributed by atoms with Gasteiger partial charge in [-0.1, -0.05) is 12.8 Å². The van der Waals surface area contributed by atoms with E-state index in [2.05, 4.69) is 10.4 Å². The second kappa shape index (κ2) is 5.02. The van der Waals surface area contributed by atoms with Crippen molar-refractivity contribution in [2.24, 2.45) is 0 Å². The number of nitrogens with one attached hydrogen (secondary N) is 1. The van der Waals surface area contributed by atoms with Gasteiger partial charge in [-0.05, 0) is 25.7 Å². The standard InChI is InChI=1S/C11H22N2O2S/c1-16(14,15)11-7-5-6-10(11)12-13-8-3-2-4-9-13/h10-12H,2-9H2,1H3. The summed E-state index contributed by atoms with van der Waals surface area (Å²) in [6.45, 7) is 2.12. The van der Waals surface area contributed by atoms with E-state index in [0.29, 0.717) is 0 Å². The van der Waals surface area contributed by atoms with Crippen LogP contribution in [-0.2, 0) is 9.84 Å². The molecule has 94 valence electrons. The minimum Gasteiger partial charge on any atom is -0.251 e. The Morgan fingerprint density at radius 2 is 1.75 bits per heavy atom. The van der Waals surface area contributed by atoms with Gasteiger partial charge in [0.15, 0.2) is 9.84 Å². The van der Waals surface area contributed by atoms with Crippen LogP contribution in [0.3, 0.4) is 0 Å². The maximum atomic E-state index is 11.6. The third kappa shape index (κ3) is 2.96. The largest absolute Gasteiger partial charge is 0.251 e. The Bertz CT molecular complexity index is 323. The number of hydrogen-bond donors (Lipinski definition) is 1. The first kappa shape index (κ1) is 12.3. The fraction of sp³-hybridized carbons (Fsp3) is 1.00. The molecule has 4 nitrogen and oxygen atoms in total. The maximum Gasteiger partial charge on any atom is 0.151 e. The molecule has 2 fully saturated rings. The van der Waals surface area contributed by atoms with Crippen molar-refractivity contribution in [2.45, 2.75) is 49.8 Å². The van der Waals surface area contributed by atoms with E-state index in [1.165, 1.54) is 25.5 Å². The Balaban J connectivity index is 1.93. The van der Waals surface area contributed by atoms with E-state index in [-0.39, 0.29) is 11.3 Å². The van der Waals surface area contributed by atoms with Crippen molar-refractivity contribution in [3.05, 3.63) is 0 Å². The summed E-state index contributed by atoms with van der Waals surface area (Å²) in [6, 6.07) is 0.146. The number of piperidine rings is 1. The Morgan fingerprint density at radius 3 is 2.38 bits per heavy atom. The molecule has 0 amide bonds. The van der Waals surface area contributed by atoms with Crippen LogP contribution in [0.5, 0.6) is 0 Å². The Labute approximate surface area is 98.3 Å². The van der Waals surface area contributed by atoms with Crippen LogP contribution in [0.1, 0.15) is 38.5 Å². The SMILES string of the molecule is CS(=O)(=O)C1CCCC1NN1CCCCC1. The molecule has 2 rings (SSSR count). The van der Waals surface area contributed by atoms with Crippen LogP contribution in [0.2, 0.25) is 0 Å². The number of rotatable bonds is 3. The highest BCUT2D eigenvalue weighted by Crippen LogP contribution is 2.25. The normalized spacial score (nSPS) is 33.1. The fourth-order valence-electron chi connectivity index (χ4n) is 2.84. The molecule has 2 unspecified atom stereocenters. The summed E-state index contributed by atoms with van der Waals surface area (Å²) in [5.41, 5.74) is 3.43. The highest BCUT2D eigenvalue weighted by atomic mass is 32.2. The van der Waals surface area contributed by atoms with Gasteiger partial charge >= 0.3 is 0 Å². The summed E-state index contributed by atoms with van der Waals surface area (Å²) in [5.74, 6) is 0. The molecule has 1 heterocycles. The maximum absolute atomic E-state index is 11.6. The Hall–Kier alpha value is -0.130. The summed E-state index contributed by atoms with van der Waals surface area (Å²) in [6.07, 6.45) is 7.97. The van der Waals surface area contributed by atoms with Gasteiger partial charge < -0.3 is 0 Å². The zero-order valence-corrected chi connectivity index (χ0v) is 10.8. The second-order valence-corrected chi connectivity index (χ2v) is 7.35. The third-order valence-corrected chi connectivity index (χ3v) is 5.37. The number of nitrogens with zero attached hydrogens (tertiary/aromatic N) is 1. The number of hydrogen-bond acceptors (Lipinski definition) is 4. The van der Waals surface area contributed by atoms with Gasteiger partial charge in [-0.25, -0.2) is 13.4 Å². The quantitative estimate of drug-likeness (QED) is 0.805. The lowest BCUT2D eigenvalue weighted by Crippen LogP contribution is -2.51. The smallest absolute Gasteiger partial charge is 0.151 e. The molecule has 1 aliphatic carbocycles. The van der Waals surface area contributed by atoms with Gasteiger partial charge in [-0.2, -0.15) is 0 Å². The predicted octanol–water partition coefficient (Wildman–Crippen LogP) is 0.943. The zero-order chi connectivity index (χ0) is 11.6. The van der Waals surface area contributed by atoms with Crippen LogP contribution >= 0.6 is 0 Å². The minimum atomic E-state index is -2.89. The highest BCUT2D eigenvalue weighted by molar-refractivity contribution is 7.91. The van der Waals surface area contributed by atoms with Crippen LogP contribution in [0.25, 0.3) is 0 Å². The van der Waals surface area contributed by atoms with E-state index in [1.807, 2.05) is 0 Å². The molecule has 5 heteroatoms. The van der Waals surface area contributed by atoms with E-state index in [9.17, 15) is 8.42 Å². The molecule has 0 aromatic rings. The second-order valence-electron chi connectivity index (χ2n) is 5.08. The lowest BCUT2D eigenvalue weighted by molar-refractivity contribution is 0.130. The van der Waals surface area contributed by atoms with E-state index in [0.717, 1.165) is 32.4 Å². The molecule has 0 radical (unpaired) electrons. The van der Waals surface area contributed by atoms with Gasteiger partial charge in [0.05, 0.1) is 5.25 Å². The summed E-state index contributed by atoms with van der Waals surface area (Å²) < 4.78 is 23.3. The highest BCUT2D eigenvalue weighted by Gasteiger charge is 2.35. The predicted molar refractivity (Wildman–Crippen MR) is 64.8 cm³/mol. The fourth-order valence-corrected chi connectivity index (χ4v) is 4.23. The molecular formula is C11H22N2O2S. The van der Waals surface area contributed by atoms with Crippen molar-refractivity contribution in [2.75, 3.05) is 19.3 Å². The first-order valence-electron chi connectivity index (χ1n) is 6.27. The molecule has 0 aromatic heterocycles. The lowest BCUT2D eigenvalue weighted by Gasteiger charge is -2.32. The Morgan fingerprint density at radius 1 is 1.06 bits per heavy atom. The molecule has 1 N–H and O–H groups in total. The third-order valence-electron chi connectivity index (χ3n) is 3.71. The average Bonchev–Trinajstić information content (AvgIpc) is 2.67. The van der Waals surface area contributed by atoms with Crippen molar-refractivity contribution in [3.8, 4) is 0 Å². The monoisotopic (exact) mass is 246 g/mol. The zero-order valence-electron chi connectivity index (χ0n) is 9.98. The van der Waals surface area contributed by atoms with E-state index in [4.69, 9.17) is 0 Å². The first-order chi connectivity index (χ1) is 7.57. The van der Waals surface area contributed by atoms with Gasteiger partial charge in [-0.3, -0.25) is 5.43 Å². The molecule has 1 aliphatic heterocycles. The van der Waals surface area contributed by atoms with Crippen LogP contribution in [0.15, 0.2) is 0 Å². The average molecular weight is 246 g/mol. The van der Waals surface area contributed by atoms with E-state index < -0.39 is 9.84 Å². The van der Waals surface area contributed by atoms with Crippen molar-refractivity contribution in [1.29, 1.82) is 0 Å². The number of sulfone groups is 1. The molecule has 2 aliphatic rings. The lowest BCUT2D eigenvalue weighted by atomic mass is 10.1. The summed E-state index contributed by atoms with van der Waals surface area (Å²) in [7, 11) is -2.89. The number of hydrazine groups is 1.